The van der Waals surface area contributed by atoms with Crippen LogP contribution in [0.25, 0.3) is 5.69 Å². The predicted octanol–water partition coefficient (Wildman–Crippen LogP) is 3.51. The highest BCUT2D eigenvalue weighted by Crippen LogP contribution is 2.26. The highest BCUT2D eigenvalue weighted by Gasteiger charge is 2.18. The molecule has 0 bridgehead atoms. The van der Waals surface area contributed by atoms with Crippen molar-refractivity contribution in [2.24, 2.45) is 0 Å². The number of ether oxygens (including phenoxy) is 1. The number of amides is 1. The standard InChI is InChI=1S/C19H27N3O2S/c1-5-24-12-6-9-20-18(23)16(4)25-19-21-10-11-22(19)17-13-14(2)7-8-15(17)3/h7-8,10-11,13,16H,5-6,9,12H2,1-4H3,(H,20,23). The summed E-state index contributed by atoms with van der Waals surface area (Å²) < 4.78 is 7.32. The van der Waals surface area contributed by atoms with Gasteiger partial charge in [0.15, 0.2) is 5.16 Å². The molecule has 0 saturated carbocycles. The van der Waals surface area contributed by atoms with E-state index in [1.54, 1.807) is 6.20 Å². The summed E-state index contributed by atoms with van der Waals surface area (Å²) in [4.78, 5) is 16.7. The third-order valence-corrected chi connectivity index (χ3v) is 4.93. The van der Waals surface area contributed by atoms with E-state index >= 15 is 0 Å². The fourth-order valence-corrected chi connectivity index (χ4v) is 3.33. The number of benzene rings is 1. The fourth-order valence-electron chi connectivity index (χ4n) is 2.42. The van der Waals surface area contributed by atoms with Gasteiger partial charge in [0.2, 0.25) is 5.91 Å². The molecule has 0 spiro atoms. The highest BCUT2D eigenvalue weighted by atomic mass is 32.2. The number of carbonyl (C=O) groups excluding carboxylic acids is 1. The van der Waals surface area contributed by atoms with Gasteiger partial charge >= 0.3 is 0 Å². The summed E-state index contributed by atoms with van der Waals surface area (Å²) in [6.07, 6.45) is 4.54. The Morgan fingerprint density at radius 3 is 2.96 bits per heavy atom. The van der Waals surface area contributed by atoms with Crippen LogP contribution < -0.4 is 5.32 Å². The maximum absolute atomic E-state index is 12.3. The molecule has 1 unspecified atom stereocenters. The number of imidazole rings is 1. The van der Waals surface area contributed by atoms with E-state index in [0.717, 1.165) is 17.3 Å². The highest BCUT2D eigenvalue weighted by molar-refractivity contribution is 8.00. The van der Waals surface area contributed by atoms with E-state index in [-0.39, 0.29) is 11.2 Å². The molecule has 2 aromatic rings. The maximum atomic E-state index is 12.3. The third-order valence-electron chi connectivity index (χ3n) is 3.85. The minimum atomic E-state index is -0.210. The van der Waals surface area contributed by atoms with Crippen LogP contribution in [0, 0.1) is 13.8 Å². The molecule has 1 N–H and O–H groups in total. The van der Waals surface area contributed by atoms with Crippen LogP contribution >= 0.6 is 11.8 Å². The molecule has 25 heavy (non-hydrogen) atoms. The van der Waals surface area contributed by atoms with Gasteiger partial charge in [0.25, 0.3) is 0 Å². The SMILES string of the molecule is CCOCCCNC(=O)C(C)Sc1nccn1-c1cc(C)ccc1C. The van der Waals surface area contributed by atoms with Crippen LogP contribution in [0.5, 0.6) is 0 Å². The van der Waals surface area contributed by atoms with Gasteiger partial charge in [-0.05, 0) is 51.3 Å². The minimum Gasteiger partial charge on any atom is -0.382 e. The number of nitrogens with zero attached hydrogens (tertiary/aromatic N) is 2. The van der Waals surface area contributed by atoms with Crippen molar-refractivity contribution in [1.82, 2.24) is 14.9 Å². The molecule has 1 heterocycles. The molecular formula is C19H27N3O2S. The lowest BCUT2D eigenvalue weighted by atomic mass is 10.1. The van der Waals surface area contributed by atoms with E-state index < -0.39 is 0 Å². The van der Waals surface area contributed by atoms with Crippen molar-refractivity contribution in [2.75, 3.05) is 19.8 Å². The van der Waals surface area contributed by atoms with Gasteiger partial charge in [-0.15, -0.1) is 0 Å². The van der Waals surface area contributed by atoms with Crippen molar-refractivity contribution in [3.63, 3.8) is 0 Å². The second-order valence-electron chi connectivity index (χ2n) is 5.97. The third kappa shape index (κ3) is 5.61. The van der Waals surface area contributed by atoms with Crippen LogP contribution in [0.15, 0.2) is 35.7 Å². The zero-order chi connectivity index (χ0) is 18.2. The Bertz CT molecular complexity index is 700. The van der Waals surface area contributed by atoms with Gasteiger partial charge < -0.3 is 10.1 Å². The van der Waals surface area contributed by atoms with Crippen LogP contribution in [0.1, 0.15) is 31.4 Å². The molecule has 2 rings (SSSR count). The minimum absolute atomic E-state index is 0.0250. The van der Waals surface area contributed by atoms with Crippen molar-refractivity contribution in [2.45, 2.75) is 44.5 Å². The number of hydrogen-bond acceptors (Lipinski definition) is 4. The van der Waals surface area contributed by atoms with Crippen molar-refractivity contribution >= 4 is 17.7 Å². The molecule has 1 atom stereocenters. The molecular weight excluding hydrogens is 334 g/mol. The summed E-state index contributed by atoms with van der Waals surface area (Å²) in [6, 6.07) is 6.34. The molecule has 1 amide bonds. The van der Waals surface area contributed by atoms with Gasteiger partial charge in [-0.25, -0.2) is 4.98 Å². The molecule has 0 fully saturated rings. The first-order valence-electron chi connectivity index (χ1n) is 8.66. The number of rotatable bonds is 9. The predicted molar refractivity (Wildman–Crippen MR) is 102 cm³/mol. The molecule has 1 aromatic carbocycles. The molecule has 1 aromatic heterocycles. The number of nitrogens with one attached hydrogen (secondary N) is 1. The van der Waals surface area contributed by atoms with Crippen molar-refractivity contribution < 1.29 is 9.53 Å². The normalized spacial score (nSPS) is 12.2. The van der Waals surface area contributed by atoms with E-state index in [2.05, 4.69) is 42.3 Å². The summed E-state index contributed by atoms with van der Waals surface area (Å²) in [5.74, 6) is 0.0250. The molecule has 5 nitrogen and oxygen atoms in total. The number of carbonyl (C=O) groups is 1. The van der Waals surface area contributed by atoms with Crippen LogP contribution in [0.2, 0.25) is 0 Å². The average molecular weight is 362 g/mol. The van der Waals surface area contributed by atoms with E-state index in [1.165, 1.54) is 22.9 Å². The van der Waals surface area contributed by atoms with Crippen molar-refractivity contribution in [1.29, 1.82) is 0 Å². The van der Waals surface area contributed by atoms with Crippen LogP contribution in [0.3, 0.4) is 0 Å². The monoisotopic (exact) mass is 361 g/mol. The molecule has 6 heteroatoms. The average Bonchev–Trinajstić information content (AvgIpc) is 3.04. The summed E-state index contributed by atoms with van der Waals surface area (Å²) in [5.41, 5.74) is 3.48. The lowest BCUT2D eigenvalue weighted by Crippen LogP contribution is -2.32. The maximum Gasteiger partial charge on any atom is 0.233 e. The largest absolute Gasteiger partial charge is 0.382 e. The molecule has 0 aliphatic rings. The number of thioether (sulfide) groups is 1. The molecule has 0 aliphatic carbocycles. The Balaban J connectivity index is 1.98. The summed E-state index contributed by atoms with van der Waals surface area (Å²) in [7, 11) is 0. The van der Waals surface area contributed by atoms with Gasteiger partial charge in [-0.1, -0.05) is 23.9 Å². The van der Waals surface area contributed by atoms with Crippen LogP contribution in [-0.2, 0) is 9.53 Å². The Labute approximate surface area is 154 Å². The number of aryl methyl sites for hydroxylation is 2. The summed E-state index contributed by atoms with van der Waals surface area (Å²) in [5, 5.41) is 3.57. The van der Waals surface area contributed by atoms with Crippen LogP contribution in [-0.4, -0.2) is 40.5 Å². The Morgan fingerprint density at radius 1 is 1.40 bits per heavy atom. The van der Waals surface area contributed by atoms with Crippen molar-refractivity contribution in [3.8, 4) is 5.69 Å². The molecule has 0 aliphatic heterocycles. The Morgan fingerprint density at radius 2 is 2.20 bits per heavy atom. The number of aromatic nitrogens is 2. The second kappa shape index (κ2) is 9.63. The Kier molecular flexibility index (Phi) is 7.52. The molecule has 0 saturated heterocycles. The Hall–Kier alpha value is -1.79. The lowest BCUT2D eigenvalue weighted by Gasteiger charge is -2.14. The van der Waals surface area contributed by atoms with E-state index in [0.29, 0.717) is 19.8 Å². The first kappa shape index (κ1) is 19.5. The van der Waals surface area contributed by atoms with E-state index in [9.17, 15) is 4.79 Å². The molecule has 0 radical (unpaired) electrons. The zero-order valence-corrected chi connectivity index (χ0v) is 16.2. The van der Waals surface area contributed by atoms with E-state index in [1.807, 2.05) is 24.6 Å². The second-order valence-corrected chi connectivity index (χ2v) is 7.28. The first-order chi connectivity index (χ1) is 12.0. The molecule has 136 valence electrons. The van der Waals surface area contributed by atoms with Gasteiger partial charge in [0, 0.05) is 32.2 Å². The van der Waals surface area contributed by atoms with E-state index in [4.69, 9.17) is 4.74 Å². The lowest BCUT2D eigenvalue weighted by molar-refractivity contribution is -0.120. The topological polar surface area (TPSA) is 56.1 Å². The van der Waals surface area contributed by atoms with Gasteiger partial charge in [-0.2, -0.15) is 0 Å². The number of hydrogen-bond donors (Lipinski definition) is 1. The smallest absolute Gasteiger partial charge is 0.233 e. The van der Waals surface area contributed by atoms with Crippen molar-refractivity contribution in [3.05, 3.63) is 41.7 Å². The van der Waals surface area contributed by atoms with Gasteiger partial charge in [-0.3, -0.25) is 9.36 Å². The van der Waals surface area contributed by atoms with Crippen LogP contribution in [0.4, 0.5) is 0 Å². The van der Waals surface area contributed by atoms with Gasteiger partial charge in [0.1, 0.15) is 0 Å². The summed E-state index contributed by atoms with van der Waals surface area (Å²) >= 11 is 1.47. The first-order valence-corrected chi connectivity index (χ1v) is 9.54. The quantitative estimate of drug-likeness (QED) is 0.548. The fraction of sp³-hybridized carbons (Fsp3) is 0.474. The van der Waals surface area contributed by atoms with Gasteiger partial charge in [0.05, 0.1) is 10.9 Å². The summed E-state index contributed by atoms with van der Waals surface area (Å²) in [6.45, 7) is 10.1. The zero-order valence-electron chi connectivity index (χ0n) is 15.4.